The van der Waals surface area contributed by atoms with Crippen LogP contribution in [0.3, 0.4) is 0 Å². The van der Waals surface area contributed by atoms with Gasteiger partial charge in [-0.3, -0.25) is 0 Å². The second-order valence-electron chi connectivity index (χ2n) is 3.65. The third-order valence-corrected chi connectivity index (χ3v) is 1.82. The van der Waals surface area contributed by atoms with Crippen LogP contribution in [0.4, 0.5) is 0 Å². The van der Waals surface area contributed by atoms with E-state index >= 15 is 0 Å². The predicted octanol–water partition coefficient (Wildman–Crippen LogP) is 3.11. The van der Waals surface area contributed by atoms with E-state index in [1.165, 1.54) is 0 Å². The zero-order chi connectivity index (χ0) is 17.2. The van der Waals surface area contributed by atoms with Crippen LogP contribution >= 0.6 is 0 Å². The van der Waals surface area contributed by atoms with Gasteiger partial charge in [0.05, 0.1) is 0 Å². The Bertz CT molecular complexity index is 494. The molecule has 5 heteroatoms. The van der Waals surface area contributed by atoms with Crippen LogP contribution < -0.4 is 0 Å². The van der Waals surface area contributed by atoms with Gasteiger partial charge in [-0.05, 0) is 0 Å². The molecule has 23 heavy (non-hydrogen) atoms. The first-order chi connectivity index (χ1) is 11.0. The van der Waals surface area contributed by atoms with Gasteiger partial charge in [0.2, 0.25) is 0 Å². The summed E-state index contributed by atoms with van der Waals surface area (Å²) in [4.78, 5) is 0. The molecule has 0 saturated heterocycles. The summed E-state index contributed by atoms with van der Waals surface area (Å²) in [6, 6.07) is 37.5. The minimum absolute atomic E-state index is 1.88. The molecule has 0 atom stereocenters. The van der Waals surface area contributed by atoms with Crippen LogP contribution in [0.5, 0.6) is 0 Å². The van der Waals surface area contributed by atoms with Gasteiger partial charge in [0.25, 0.3) is 0 Å². The molecule has 0 bridgehead atoms. The average Bonchev–Trinajstić information content (AvgIpc) is 2.59. The summed E-state index contributed by atoms with van der Waals surface area (Å²) in [6.45, 7) is 0. The van der Waals surface area contributed by atoms with Crippen molar-refractivity contribution in [2.45, 2.75) is 0 Å². The fraction of sp³-hybridized carbons (Fsp3) is 0. The Kier molecular flexibility index (Phi) is 13.2. The molecule has 123 valence electrons. The molecular formula is C18H17MnO4-3. The van der Waals surface area contributed by atoms with Crippen molar-refractivity contribution < 1.29 is 29.4 Å². The molecule has 0 heterocycles. The van der Waals surface area contributed by atoms with Crippen molar-refractivity contribution in [1.82, 2.24) is 0 Å². The quantitative estimate of drug-likeness (QED) is 0.482. The molecule has 0 aliphatic rings. The topological polar surface area (TPSA) is 74.6 Å². The van der Waals surface area contributed by atoms with Gasteiger partial charge >= 0.3 is 29.4 Å². The largest absolute Gasteiger partial charge is 0.184 e. The van der Waals surface area contributed by atoms with Gasteiger partial charge in [-0.2, -0.15) is 109 Å². The maximum Gasteiger partial charge on any atom is -0.171 e. The van der Waals surface area contributed by atoms with Crippen molar-refractivity contribution in [3.05, 3.63) is 109 Å². The van der Waals surface area contributed by atoms with E-state index < -0.39 is 13.4 Å². The Balaban J connectivity index is 0.000000282. The summed E-state index contributed by atoms with van der Waals surface area (Å²) in [7, 11) is 0. The second kappa shape index (κ2) is 14.6. The van der Waals surface area contributed by atoms with Gasteiger partial charge in [0.15, 0.2) is 0 Å². The Morgan fingerprint density at radius 1 is 0.478 bits per heavy atom. The van der Waals surface area contributed by atoms with Crippen molar-refractivity contribution in [3.63, 3.8) is 0 Å². The molecule has 0 aromatic heterocycles. The molecule has 0 aliphatic heterocycles. The third kappa shape index (κ3) is 25.0. The summed E-state index contributed by atoms with van der Waals surface area (Å²) in [5.41, 5.74) is 0. The van der Waals surface area contributed by atoms with Crippen LogP contribution in [0.1, 0.15) is 0 Å². The SMILES string of the molecule is [O]=[Mn](=[O])([OH])[OH].[c-]1ccccc1.[c-]1ccccc1.[c-]1ccccc1. The van der Waals surface area contributed by atoms with Gasteiger partial charge in [-0.15, -0.1) is 0 Å². The number of benzene rings is 3. The van der Waals surface area contributed by atoms with Crippen molar-refractivity contribution in [3.8, 4) is 0 Å². The molecule has 0 fully saturated rings. The van der Waals surface area contributed by atoms with Crippen molar-refractivity contribution in [1.29, 1.82) is 0 Å². The van der Waals surface area contributed by atoms with Gasteiger partial charge in [0.1, 0.15) is 0 Å². The van der Waals surface area contributed by atoms with E-state index in [9.17, 15) is 0 Å². The first-order valence-corrected chi connectivity index (χ1v) is 8.40. The fourth-order valence-corrected chi connectivity index (χ4v) is 1.03. The Morgan fingerprint density at radius 2 is 0.652 bits per heavy atom. The smallest absolute Gasteiger partial charge is 0.171 e. The first-order valence-electron chi connectivity index (χ1n) is 6.38. The molecule has 0 amide bonds. The first kappa shape index (κ1) is 20.7. The molecule has 3 aromatic rings. The van der Waals surface area contributed by atoms with E-state index in [4.69, 9.17) is 16.0 Å². The molecule has 0 aliphatic carbocycles. The van der Waals surface area contributed by atoms with E-state index in [0.717, 1.165) is 0 Å². The van der Waals surface area contributed by atoms with Crippen molar-refractivity contribution >= 4 is 0 Å². The van der Waals surface area contributed by atoms with Crippen molar-refractivity contribution in [2.75, 3.05) is 0 Å². The molecule has 2 N–H and O–H groups in total. The predicted molar refractivity (Wildman–Crippen MR) is 81.6 cm³/mol. The van der Waals surface area contributed by atoms with E-state index in [0.29, 0.717) is 0 Å². The fourth-order valence-electron chi connectivity index (χ4n) is 1.03. The zero-order valence-corrected chi connectivity index (χ0v) is 13.4. The number of hydrogen-bond donors (Lipinski definition) is 2. The number of hydrogen-bond acceptors (Lipinski definition) is 2. The summed E-state index contributed by atoms with van der Waals surface area (Å²) in [5.74, 6) is 0. The van der Waals surface area contributed by atoms with Crippen LogP contribution in [-0.4, -0.2) is 8.38 Å². The molecule has 3 rings (SSSR count). The molecule has 4 nitrogen and oxygen atoms in total. The van der Waals surface area contributed by atoms with Crippen LogP contribution in [0.15, 0.2) is 91.0 Å². The minimum Gasteiger partial charge on any atom is -0.184 e. The van der Waals surface area contributed by atoms with Gasteiger partial charge in [-0.1, -0.05) is 0 Å². The summed E-state index contributed by atoms with van der Waals surface area (Å²) in [6.07, 6.45) is 0. The number of rotatable bonds is 0. The van der Waals surface area contributed by atoms with E-state index in [2.05, 4.69) is 18.2 Å². The minimum atomic E-state index is -5.12. The van der Waals surface area contributed by atoms with Crippen LogP contribution in [0, 0.1) is 18.2 Å². The molecular weight excluding hydrogens is 335 g/mol. The van der Waals surface area contributed by atoms with Crippen LogP contribution in [-0.2, 0) is 21.0 Å². The van der Waals surface area contributed by atoms with Crippen LogP contribution in [0.2, 0.25) is 0 Å². The standard InChI is InChI=1S/3C6H5.Mn.2H2O.2O/c3*1-2-4-6-5-3-1;;;;;/h3*1-5H;;2*1H2;;/q3*-1;+2;;;;/p-2. The van der Waals surface area contributed by atoms with Gasteiger partial charge < -0.3 is 0 Å². The average molecular weight is 352 g/mol. The third-order valence-electron chi connectivity index (χ3n) is 1.82. The molecule has 0 unspecified atom stereocenters. The van der Waals surface area contributed by atoms with Gasteiger partial charge in [-0.25, -0.2) is 0 Å². The van der Waals surface area contributed by atoms with Crippen LogP contribution in [0.25, 0.3) is 0 Å². The Morgan fingerprint density at radius 3 is 0.696 bits per heavy atom. The Labute approximate surface area is 139 Å². The monoisotopic (exact) mass is 352 g/mol. The summed E-state index contributed by atoms with van der Waals surface area (Å²) in [5, 5.41) is 0. The van der Waals surface area contributed by atoms with Crippen molar-refractivity contribution in [2.24, 2.45) is 0 Å². The molecule has 0 spiro atoms. The van der Waals surface area contributed by atoms with E-state index in [-0.39, 0.29) is 0 Å². The van der Waals surface area contributed by atoms with Gasteiger partial charge in [0, 0.05) is 0 Å². The van der Waals surface area contributed by atoms with E-state index in [1.807, 2.05) is 91.0 Å². The molecule has 3 aromatic carbocycles. The van der Waals surface area contributed by atoms with E-state index in [1.54, 1.807) is 0 Å². The molecule has 0 radical (unpaired) electrons. The maximum atomic E-state index is 8.80. The molecule has 0 saturated carbocycles. The zero-order valence-electron chi connectivity index (χ0n) is 12.2. The Hall–Kier alpha value is -2.30. The normalized spacial score (nSPS) is 8.78. The summed E-state index contributed by atoms with van der Waals surface area (Å²) >= 11 is -5.12. The second-order valence-corrected chi connectivity index (χ2v) is 4.94. The maximum absolute atomic E-state index is 8.80. The summed E-state index contributed by atoms with van der Waals surface area (Å²) < 4.78 is 31.8.